The van der Waals surface area contributed by atoms with Gasteiger partial charge in [0, 0.05) is 13.0 Å². The van der Waals surface area contributed by atoms with Gasteiger partial charge in [-0.15, -0.1) is 0 Å². The summed E-state index contributed by atoms with van der Waals surface area (Å²) in [4.78, 5) is 25.2. The molecule has 0 radical (unpaired) electrons. The van der Waals surface area contributed by atoms with E-state index in [2.05, 4.69) is 98.9 Å². The molecule has 0 rings (SSSR count). The average Bonchev–Trinajstić information content (AvgIpc) is 3.27. The van der Waals surface area contributed by atoms with Crippen LogP contribution in [0.4, 0.5) is 0 Å². The van der Waals surface area contributed by atoms with Crippen molar-refractivity contribution in [3.8, 4) is 0 Å². The SMILES string of the molecule is CC/C=C\C/C=C\C/C=C\C/C=C\C/C=C\C/C=C\C/C=C\CCCC(=O)OC(COCCCCCCCCCCCCCCCCCCCCCC)COP(=O)([O-])OCC[N+](C)(C)C. The van der Waals surface area contributed by atoms with E-state index in [0.717, 1.165) is 64.2 Å². The highest BCUT2D eigenvalue weighted by Crippen LogP contribution is 2.38. The van der Waals surface area contributed by atoms with Gasteiger partial charge in [-0.25, -0.2) is 0 Å². The maximum Gasteiger partial charge on any atom is 0.306 e. The number of esters is 1. The maximum atomic E-state index is 12.7. The summed E-state index contributed by atoms with van der Waals surface area (Å²) >= 11 is 0. The molecule has 0 N–H and O–H groups in total. The molecule has 2 atom stereocenters. The molecule has 0 aromatic heterocycles. The highest BCUT2D eigenvalue weighted by molar-refractivity contribution is 7.45. The molecule has 8 nitrogen and oxygen atoms in total. The maximum absolute atomic E-state index is 12.7. The number of phosphoric acid groups is 1. The van der Waals surface area contributed by atoms with E-state index in [4.69, 9.17) is 18.5 Å². The second-order valence-electron chi connectivity index (χ2n) is 18.5. The first kappa shape index (κ1) is 62.7. The van der Waals surface area contributed by atoms with E-state index in [9.17, 15) is 14.3 Å². The number of phosphoric ester groups is 1. The standard InChI is InChI=1S/C56H100NO7P/c1-6-8-10-12-14-16-18-20-22-24-26-28-29-30-31-33-35-37-39-41-43-45-47-49-56(58)64-55(54-63-65(59,60)62-52-50-57(3,4)5)53-61-51-48-46-44-42-40-38-36-34-32-27-25-23-21-19-17-15-13-11-9-7-2/h8,10,14,16,20,22,26,28,30-31,35,37,41,43,55H,6-7,9,11-13,15,17-19,21,23-25,27,29,32-34,36,38-40,42,44-54H2,1-5H3/b10-8-,16-14-,22-20-,28-26-,31-30-,37-35-,43-41-. The van der Waals surface area contributed by atoms with Crippen LogP contribution in [0.3, 0.4) is 0 Å². The smallest absolute Gasteiger partial charge is 0.306 e. The molecule has 0 aromatic carbocycles. The lowest BCUT2D eigenvalue weighted by atomic mass is 10.0. The third-order valence-corrected chi connectivity index (χ3v) is 11.9. The summed E-state index contributed by atoms with van der Waals surface area (Å²) in [5, 5.41) is 0. The average molecular weight is 930 g/mol. The number of rotatable bonds is 48. The molecule has 0 bridgehead atoms. The van der Waals surface area contributed by atoms with Crippen molar-refractivity contribution < 1.29 is 37.3 Å². The van der Waals surface area contributed by atoms with Gasteiger partial charge in [0.25, 0.3) is 7.82 Å². The van der Waals surface area contributed by atoms with Crippen molar-refractivity contribution >= 4 is 13.8 Å². The molecule has 0 heterocycles. The van der Waals surface area contributed by atoms with E-state index in [-0.39, 0.29) is 26.2 Å². The van der Waals surface area contributed by atoms with E-state index in [1.807, 2.05) is 21.1 Å². The topological polar surface area (TPSA) is 94.1 Å². The van der Waals surface area contributed by atoms with Crippen molar-refractivity contribution in [2.24, 2.45) is 0 Å². The minimum absolute atomic E-state index is 0.0122. The fourth-order valence-electron chi connectivity index (χ4n) is 6.95. The molecule has 65 heavy (non-hydrogen) atoms. The Morgan fingerprint density at radius 3 is 1.28 bits per heavy atom. The van der Waals surface area contributed by atoms with Crippen molar-refractivity contribution in [3.63, 3.8) is 0 Å². The minimum Gasteiger partial charge on any atom is -0.756 e. The number of likely N-dealkylation sites (N-methyl/N-ethyl adjacent to an activating group) is 1. The molecule has 0 spiro atoms. The highest BCUT2D eigenvalue weighted by atomic mass is 31.2. The van der Waals surface area contributed by atoms with E-state index in [0.29, 0.717) is 24.1 Å². The van der Waals surface area contributed by atoms with Crippen molar-refractivity contribution in [2.75, 3.05) is 54.1 Å². The van der Waals surface area contributed by atoms with Crippen LogP contribution in [-0.4, -0.2) is 70.7 Å². The van der Waals surface area contributed by atoms with Gasteiger partial charge in [0.1, 0.15) is 19.3 Å². The van der Waals surface area contributed by atoms with Crippen molar-refractivity contribution in [2.45, 2.75) is 213 Å². The Hall–Kier alpha value is -2.32. The van der Waals surface area contributed by atoms with Crippen LogP contribution in [0.25, 0.3) is 0 Å². The Kier molecular flexibility index (Phi) is 46.4. The van der Waals surface area contributed by atoms with E-state index in [1.165, 1.54) is 116 Å². The molecule has 0 aliphatic heterocycles. The summed E-state index contributed by atoms with van der Waals surface area (Å²) in [5.41, 5.74) is 0. The van der Waals surface area contributed by atoms with Crippen molar-refractivity contribution in [3.05, 3.63) is 85.1 Å². The summed E-state index contributed by atoms with van der Waals surface area (Å²) in [6.45, 7) is 5.23. The lowest BCUT2D eigenvalue weighted by Crippen LogP contribution is -2.37. The fourth-order valence-corrected chi connectivity index (χ4v) is 7.68. The van der Waals surface area contributed by atoms with E-state index < -0.39 is 19.9 Å². The molecule has 0 aromatic rings. The zero-order valence-electron chi connectivity index (χ0n) is 42.7. The zero-order valence-corrected chi connectivity index (χ0v) is 43.6. The largest absolute Gasteiger partial charge is 0.756 e. The zero-order chi connectivity index (χ0) is 47.6. The van der Waals surface area contributed by atoms with Crippen LogP contribution in [0.15, 0.2) is 85.1 Å². The highest BCUT2D eigenvalue weighted by Gasteiger charge is 2.20. The third-order valence-electron chi connectivity index (χ3n) is 11.0. The predicted molar refractivity (Wildman–Crippen MR) is 277 cm³/mol. The van der Waals surface area contributed by atoms with Crippen molar-refractivity contribution in [1.29, 1.82) is 0 Å². The normalized spacial score (nSPS) is 14.2. The third kappa shape index (κ3) is 52.5. The monoisotopic (exact) mass is 930 g/mol. The number of allylic oxidation sites excluding steroid dienone is 14. The molecular formula is C56H100NO7P. The second kappa shape index (κ2) is 48.1. The Bertz CT molecular complexity index is 1310. The fraction of sp³-hybridized carbons (Fsp3) is 0.732. The number of hydrogen-bond donors (Lipinski definition) is 0. The molecule has 0 saturated carbocycles. The molecular weight excluding hydrogens is 830 g/mol. The summed E-state index contributed by atoms with van der Waals surface area (Å²) < 4.78 is 34.7. The number of carbonyl (C=O) groups is 1. The molecule has 9 heteroatoms. The first-order valence-electron chi connectivity index (χ1n) is 26.3. The van der Waals surface area contributed by atoms with Crippen LogP contribution in [0.1, 0.15) is 206 Å². The number of nitrogens with zero attached hydrogens (tertiary/aromatic N) is 1. The number of quaternary nitrogens is 1. The van der Waals surface area contributed by atoms with Gasteiger partial charge in [-0.3, -0.25) is 9.36 Å². The molecule has 0 fully saturated rings. The second-order valence-corrected chi connectivity index (χ2v) is 19.9. The molecule has 376 valence electrons. The van der Waals surface area contributed by atoms with Crippen LogP contribution in [-0.2, 0) is 27.9 Å². The van der Waals surface area contributed by atoms with E-state index >= 15 is 0 Å². The first-order chi connectivity index (χ1) is 31.6. The number of unbranched alkanes of at least 4 members (excludes halogenated alkanes) is 20. The van der Waals surface area contributed by atoms with Gasteiger partial charge in [-0.1, -0.05) is 221 Å². The number of ether oxygens (including phenoxy) is 2. The molecule has 2 unspecified atom stereocenters. The summed E-state index contributed by atoms with van der Waals surface area (Å²) in [5.74, 6) is -0.391. The Labute approximate surface area is 401 Å². The van der Waals surface area contributed by atoms with Crippen LogP contribution >= 0.6 is 7.82 Å². The molecule has 0 aliphatic rings. The van der Waals surface area contributed by atoms with Crippen LogP contribution < -0.4 is 4.89 Å². The minimum atomic E-state index is -4.55. The van der Waals surface area contributed by atoms with Gasteiger partial charge in [0.2, 0.25) is 0 Å². The van der Waals surface area contributed by atoms with Crippen LogP contribution in [0.5, 0.6) is 0 Å². The lowest BCUT2D eigenvalue weighted by Gasteiger charge is -2.28. The van der Waals surface area contributed by atoms with Gasteiger partial charge in [-0.05, 0) is 64.2 Å². The van der Waals surface area contributed by atoms with Gasteiger partial charge < -0.3 is 27.9 Å². The number of hydrogen-bond acceptors (Lipinski definition) is 7. The quantitative estimate of drug-likeness (QED) is 0.0197. The van der Waals surface area contributed by atoms with Crippen LogP contribution in [0.2, 0.25) is 0 Å². The molecule has 0 aliphatic carbocycles. The summed E-state index contributed by atoms with van der Waals surface area (Å²) in [6, 6.07) is 0. The van der Waals surface area contributed by atoms with E-state index in [1.54, 1.807) is 0 Å². The number of carbonyl (C=O) groups excluding carboxylic acids is 1. The van der Waals surface area contributed by atoms with Crippen LogP contribution in [0, 0.1) is 0 Å². The van der Waals surface area contributed by atoms with Gasteiger partial charge in [0.05, 0.1) is 34.4 Å². The Morgan fingerprint density at radius 1 is 0.492 bits per heavy atom. The molecule has 0 amide bonds. The summed E-state index contributed by atoms with van der Waals surface area (Å²) in [6.07, 6.45) is 64.8. The van der Waals surface area contributed by atoms with Gasteiger partial charge in [-0.2, -0.15) is 0 Å². The first-order valence-corrected chi connectivity index (χ1v) is 27.8. The lowest BCUT2D eigenvalue weighted by molar-refractivity contribution is -0.870. The molecule has 0 saturated heterocycles. The predicted octanol–water partition coefficient (Wildman–Crippen LogP) is 15.8. The Morgan fingerprint density at radius 2 is 0.877 bits per heavy atom. The van der Waals surface area contributed by atoms with Gasteiger partial charge >= 0.3 is 5.97 Å². The van der Waals surface area contributed by atoms with Gasteiger partial charge in [0.15, 0.2) is 0 Å². The Balaban J connectivity index is 4.25. The summed E-state index contributed by atoms with van der Waals surface area (Å²) in [7, 11) is 1.31. The van der Waals surface area contributed by atoms with Crippen molar-refractivity contribution in [1.82, 2.24) is 0 Å².